The molecule has 2 atom stereocenters. The summed E-state index contributed by atoms with van der Waals surface area (Å²) in [5.41, 5.74) is 3.16. The minimum Gasteiger partial charge on any atom is -0.375 e. The highest BCUT2D eigenvalue weighted by Gasteiger charge is 2.45. The second kappa shape index (κ2) is 6.56. The summed E-state index contributed by atoms with van der Waals surface area (Å²) in [6, 6.07) is 4.62. The Bertz CT molecular complexity index is 868. The third kappa shape index (κ3) is 2.96. The highest BCUT2D eigenvalue weighted by atomic mass is 16.5. The summed E-state index contributed by atoms with van der Waals surface area (Å²) in [4.78, 5) is 28.5. The third-order valence-corrected chi connectivity index (χ3v) is 5.70. The molecular weight excluding hydrogens is 342 g/mol. The lowest BCUT2D eigenvalue weighted by molar-refractivity contribution is -0.138. The second-order valence-electron chi connectivity index (χ2n) is 7.60. The SMILES string of the molecule is COCC(=O)N1C2CCC1c1c(nc(-c3ccncc3)nc1NC1CC1)C2. The number of ether oxygens (including phenoxy) is 1. The number of nitrogens with zero attached hydrogens (tertiary/aromatic N) is 4. The van der Waals surface area contributed by atoms with Crippen LogP contribution < -0.4 is 5.32 Å². The largest absolute Gasteiger partial charge is 0.375 e. The molecular formula is C20H23N5O2. The predicted molar refractivity (Wildman–Crippen MR) is 100 cm³/mol. The van der Waals surface area contributed by atoms with E-state index in [1.54, 1.807) is 19.5 Å². The molecule has 1 amide bonds. The Morgan fingerprint density at radius 1 is 1.22 bits per heavy atom. The molecule has 2 aliphatic heterocycles. The quantitative estimate of drug-likeness (QED) is 0.876. The summed E-state index contributed by atoms with van der Waals surface area (Å²) in [6.07, 6.45) is 8.61. The van der Waals surface area contributed by atoms with E-state index in [1.807, 2.05) is 17.0 Å². The monoisotopic (exact) mass is 365 g/mol. The predicted octanol–water partition coefficient (Wildman–Crippen LogP) is 2.35. The van der Waals surface area contributed by atoms with Gasteiger partial charge in [0.1, 0.15) is 12.4 Å². The molecule has 2 unspecified atom stereocenters. The van der Waals surface area contributed by atoms with Gasteiger partial charge in [-0.3, -0.25) is 9.78 Å². The lowest BCUT2D eigenvalue weighted by Gasteiger charge is -2.36. The first-order valence-electron chi connectivity index (χ1n) is 9.62. The summed E-state index contributed by atoms with van der Waals surface area (Å²) < 4.78 is 5.11. The molecule has 7 heteroatoms. The molecule has 140 valence electrons. The van der Waals surface area contributed by atoms with Crippen molar-refractivity contribution in [3.8, 4) is 11.4 Å². The molecule has 2 aromatic heterocycles. The van der Waals surface area contributed by atoms with Crippen molar-refractivity contribution in [3.05, 3.63) is 35.8 Å². The number of carbonyl (C=O) groups is 1. The zero-order chi connectivity index (χ0) is 18.4. The molecule has 1 saturated carbocycles. The Balaban J connectivity index is 1.59. The van der Waals surface area contributed by atoms with E-state index in [9.17, 15) is 4.79 Å². The van der Waals surface area contributed by atoms with Crippen LogP contribution in [0.5, 0.6) is 0 Å². The van der Waals surface area contributed by atoms with E-state index in [-0.39, 0.29) is 24.6 Å². The van der Waals surface area contributed by atoms with Gasteiger partial charge in [0.2, 0.25) is 5.91 Å². The van der Waals surface area contributed by atoms with E-state index >= 15 is 0 Å². The van der Waals surface area contributed by atoms with Crippen molar-refractivity contribution in [2.24, 2.45) is 0 Å². The standard InChI is InChI=1S/C20H23N5O2/c1-27-11-17(26)25-14-4-5-16(25)18-15(10-14)23-19(12-6-8-21-9-7-12)24-20(18)22-13-2-3-13/h6-9,13-14,16H,2-5,10-11H2,1H3,(H,22,23,24). The van der Waals surface area contributed by atoms with Crippen LogP contribution >= 0.6 is 0 Å². The Morgan fingerprint density at radius 3 is 2.78 bits per heavy atom. The summed E-state index contributed by atoms with van der Waals surface area (Å²) in [5, 5.41) is 3.59. The smallest absolute Gasteiger partial charge is 0.249 e. The van der Waals surface area contributed by atoms with Gasteiger partial charge in [-0.05, 0) is 37.8 Å². The molecule has 1 N–H and O–H groups in total. The van der Waals surface area contributed by atoms with Crippen molar-refractivity contribution in [1.82, 2.24) is 19.9 Å². The zero-order valence-electron chi connectivity index (χ0n) is 15.4. The van der Waals surface area contributed by atoms with Gasteiger partial charge in [-0.1, -0.05) is 0 Å². The number of hydrogen-bond donors (Lipinski definition) is 1. The van der Waals surface area contributed by atoms with Crippen molar-refractivity contribution >= 4 is 11.7 Å². The van der Waals surface area contributed by atoms with Crippen molar-refractivity contribution in [3.63, 3.8) is 0 Å². The Hall–Kier alpha value is -2.54. The Kier molecular flexibility index (Phi) is 4.04. The number of pyridine rings is 1. The number of amides is 1. The van der Waals surface area contributed by atoms with Crippen LogP contribution in [0.25, 0.3) is 11.4 Å². The van der Waals surface area contributed by atoms with Gasteiger partial charge in [0.25, 0.3) is 0 Å². The fourth-order valence-corrected chi connectivity index (χ4v) is 4.35. The molecule has 5 rings (SSSR count). The van der Waals surface area contributed by atoms with Gasteiger partial charge in [-0.2, -0.15) is 0 Å². The lowest BCUT2D eigenvalue weighted by atomic mass is 9.97. The number of aromatic nitrogens is 3. The van der Waals surface area contributed by atoms with Crippen LogP contribution in [0, 0.1) is 0 Å². The summed E-state index contributed by atoms with van der Waals surface area (Å²) in [6.45, 7) is 0.129. The molecule has 0 radical (unpaired) electrons. The van der Waals surface area contributed by atoms with Gasteiger partial charge in [0.05, 0.1) is 11.7 Å². The minimum atomic E-state index is 0.0501. The van der Waals surface area contributed by atoms with Gasteiger partial charge in [-0.25, -0.2) is 9.97 Å². The molecule has 0 spiro atoms. The first-order valence-corrected chi connectivity index (χ1v) is 9.62. The van der Waals surface area contributed by atoms with Crippen LogP contribution in [-0.4, -0.2) is 51.6 Å². The summed E-state index contributed by atoms with van der Waals surface area (Å²) >= 11 is 0. The van der Waals surface area contributed by atoms with E-state index in [4.69, 9.17) is 14.7 Å². The molecule has 2 aromatic rings. The minimum absolute atomic E-state index is 0.0501. The lowest BCUT2D eigenvalue weighted by Crippen LogP contribution is -2.44. The number of fused-ring (bicyclic) bond motifs is 4. The first-order chi connectivity index (χ1) is 13.2. The fraction of sp³-hybridized carbons (Fsp3) is 0.500. The number of rotatable bonds is 5. The van der Waals surface area contributed by atoms with Crippen molar-refractivity contribution in [2.45, 2.75) is 50.2 Å². The highest BCUT2D eigenvalue weighted by molar-refractivity contribution is 5.80. The van der Waals surface area contributed by atoms with E-state index in [0.29, 0.717) is 6.04 Å². The van der Waals surface area contributed by atoms with E-state index in [1.165, 1.54) is 12.8 Å². The number of methoxy groups -OCH3 is 1. The zero-order valence-corrected chi connectivity index (χ0v) is 15.4. The second-order valence-corrected chi connectivity index (χ2v) is 7.60. The molecule has 0 aromatic carbocycles. The van der Waals surface area contributed by atoms with Gasteiger partial charge in [0, 0.05) is 49.1 Å². The fourth-order valence-electron chi connectivity index (χ4n) is 4.35. The number of anilines is 1. The average molecular weight is 365 g/mol. The maximum atomic E-state index is 12.6. The van der Waals surface area contributed by atoms with Crippen LogP contribution in [0.1, 0.15) is 43.0 Å². The molecule has 1 aliphatic carbocycles. The van der Waals surface area contributed by atoms with E-state index in [0.717, 1.165) is 47.7 Å². The van der Waals surface area contributed by atoms with Crippen molar-refractivity contribution in [1.29, 1.82) is 0 Å². The van der Waals surface area contributed by atoms with Crippen LogP contribution in [0.15, 0.2) is 24.5 Å². The van der Waals surface area contributed by atoms with Crippen molar-refractivity contribution in [2.75, 3.05) is 19.0 Å². The van der Waals surface area contributed by atoms with Crippen LogP contribution in [0.2, 0.25) is 0 Å². The first kappa shape index (κ1) is 16.6. The van der Waals surface area contributed by atoms with Gasteiger partial charge < -0.3 is 15.0 Å². The topological polar surface area (TPSA) is 80.2 Å². The van der Waals surface area contributed by atoms with Crippen LogP contribution in [-0.2, 0) is 16.0 Å². The molecule has 27 heavy (non-hydrogen) atoms. The molecule has 4 heterocycles. The van der Waals surface area contributed by atoms with Crippen LogP contribution in [0.3, 0.4) is 0 Å². The molecule has 7 nitrogen and oxygen atoms in total. The Morgan fingerprint density at radius 2 is 2.04 bits per heavy atom. The Labute approximate surface area is 158 Å². The summed E-state index contributed by atoms with van der Waals surface area (Å²) in [7, 11) is 1.57. The molecule has 2 bridgehead atoms. The molecule has 2 fully saturated rings. The third-order valence-electron chi connectivity index (χ3n) is 5.70. The van der Waals surface area contributed by atoms with Gasteiger partial charge >= 0.3 is 0 Å². The number of nitrogens with one attached hydrogen (secondary N) is 1. The van der Waals surface area contributed by atoms with Crippen LogP contribution in [0.4, 0.5) is 5.82 Å². The normalized spacial score (nSPS) is 23.2. The van der Waals surface area contributed by atoms with E-state index in [2.05, 4.69) is 10.3 Å². The van der Waals surface area contributed by atoms with Gasteiger partial charge in [-0.15, -0.1) is 0 Å². The van der Waals surface area contributed by atoms with Crippen molar-refractivity contribution < 1.29 is 9.53 Å². The molecule has 3 aliphatic rings. The maximum absolute atomic E-state index is 12.6. The molecule has 1 saturated heterocycles. The average Bonchev–Trinajstić information content (AvgIpc) is 3.44. The highest BCUT2D eigenvalue weighted by Crippen LogP contribution is 2.46. The van der Waals surface area contributed by atoms with Gasteiger partial charge in [0.15, 0.2) is 5.82 Å². The maximum Gasteiger partial charge on any atom is 0.249 e. The van der Waals surface area contributed by atoms with E-state index < -0.39 is 0 Å². The number of hydrogen-bond acceptors (Lipinski definition) is 6. The number of carbonyl (C=O) groups excluding carboxylic acids is 1. The summed E-state index contributed by atoms with van der Waals surface area (Å²) in [5.74, 6) is 1.69.